The Morgan fingerprint density at radius 1 is 0.427 bits per heavy atom. The zero-order chi connectivity index (χ0) is 65.7. The van der Waals surface area contributed by atoms with Gasteiger partial charge in [0.1, 0.15) is 60.9 Å². The van der Waals surface area contributed by atoms with E-state index >= 15 is 0 Å². The van der Waals surface area contributed by atoms with E-state index in [-0.39, 0.29) is 12.8 Å². The summed E-state index contributed by atoms with van der Waals surface area (Å²) in [5, 5.41) is 50.1. The molecule has 524 valence electrons. The molecule has 0 bridgehead atoms. The largest absolute Gasteiger partial charge is 0.472 e. The summed E-state index contributed by atoms with van der Waals surface area (Å²) in [4.78, 5) is 93.9. The van der Waals surface area contributed by atoms with Crippen LogP contribution >= 0.6 is 15.6 Å². The first-order valence-electron chi connectivity index (χ1n) is 34.7. The molecule has 2 aliphatic rings. The summed E-state index contributed by atoms with van der Waals surface area (Å²) in [5.41, 5.74) is 0. The molecule has 2 aliphatic heterocycles. The molecule has 2 amide bonds. The van der Waals surface area contributed by atoms with Crippen LogP contribution in [0.4, 0.5) is 0 Å². The van der Waals surface area contributed by atoms with Gasteiger partial charge in [-0.2, -0.15) is 0 Å². The van der Waals surface area contributed by atoms with E-state index in [0.29, 0.717) is 38.5 Å². The molecule has 23 nitrogen and oxygen atoms in total. The minimum atomic E-state index is -5.48. The van der Waals surface area contributed by atoms with Gasteiger partial charge in [0.2, 0.25) is 11.8 Å². The number of aliphatic hydroxyl groups is 4. The third-order valence-electron chi connectivity index (χ3n) is 16.8. The molecular formula is C64H122N2O21P2. The van der Waals surface area contributed by atoms with E-state index in [9.17, 15) is 68.3 Å². The first kappa shape index (κ1) is 82.9. The number of aliphatic hydroxyl groups excluding tert-OH is 4. The van der Waals surface area contributed by atoms with E-state index in [2.05, 4.69) is 38.3 Å². The molecule has 0 spiro atoms. The molecule has 2 fully saturated rings. The van der Waals surface area contributed by atoms with Crippen molar-refractivity contribution in [2.75, 3.05) is 13.2 Å². The van der Waals surface area contributed by atoms with E-state index in [4.69, 9.17) is 32.7 Å². The molecule has 89 heavy (non-hydrogen) atoms. The quantitative estimate of drug-likeness (QED) is 0.0154. The fourth-order valence-corrected chi connectivity index (χ4v) is 12.6. The van der Waals surface area contributed by atoms with Crippen molar-refractivity contribution >= 4 is 39.4 Å². The Balaban J connectivity index is 2.29. The second-order valence-corrected chi connectivity index (χ2v) is 27.3. The summed E-state index contributed by atoms with van der Waals surface area (Å²) < 4.78 is 63.7. The van der Waals surface area contributed by atoms with Crippen molar-refractivity contribution in [2.45, 2.75) is 371 Å². The topological polar surface area (TPSA) is 353 Å². The Morgan fingerprint density at radius 3 is 1.10 bits per heavy atom. The fraction of sp³-hybridized carbons (Fsp3) is 0.938. The van der Waals surface area contributed by atoms with Gasteiger partial charge >= 0.3 is 27.6 Å². The van der Waals surface area contributed by atoms with Gasteiger partial charge in [0.25, 0.3) is 0 Å². The fourth-order valence-electron chi connectivity index (χ4n) is 11.6. The Kier molecular flexibility index (Phi) is 46.8. The highest BCUT2D eigenvalue weighted by molar-refractivity contribution is 7.46. The minimum absolute atomic E-state index is 0.147. The molecule has 0 aromatic rings. The molecule has 2 heterocycles. The van der Waals surface area contributed by atoms with Crippen LogP contribution in [0.3, 0.4) is 0 Å². The molecule has 0 unspecified atom stereocenters. The Bertz CT molecular complexity index is 1930. The summed E-state index contributed by atoms with van der Waals surface area (Å²) >= 11 is 0. The highest BCUT2D eigenvalue weighted by Gasteiger charge is 2.52. The number of amides is 2. The summed E-state index contributed by atoms with van der Waals surface area (Å²) in [6.45, 7) is 6.81. The molecule has 12 atom stereocenters. The first-order chi connectivity index (χ1) is 42.7. The van der Waals surface area contributed by atoms with E-state index in [1.807, 2.05) is 0 Å². The highest BCUT2D eigenvalue weighted by Crippen LogP contribution is 2.43. The second kappa shape index (κ2) is 50.3. The molecule has 0 aliphatic carbocycles. The maximum atomic E-state index is 14.1. The maximum Gasteiger partial charge on any atom is 0.472 e. The van der Waals surface area contributed by atoms with Crippen LogP contribution in [0.25, 0.3) is 0 Å². The number of carbonyl (C=O) groups excluding carboxylic acids is 4. The molecule has 0 aromatic carbocycles. The van der Waals surface area contributed by atoms with Crippen molar-refractivity contribution in [1.29, 1.82) is 0 Å². The molecule has 0 radical (unpaired) electrons. The number of hydrogen-bond donors (Lipinski definition) is 10. The van der Waals surface area contributed by atoms with Crippen LogP contribution in [0.1, 0.15) is 297 Å². The molecular weight excluding hydrogens is 1190 g/mol. The predicted octanol–water partition coefficient (Wildman–Crippen LogP) is 11.4. The number of phosphoric ester groups is 2. The lowest BCUT2D eigenvalue weighted by Gasteiger charge is -2.45. The highest BCUT2D eigenvalue weighted by atomic mass is 31.2. The van der Waals surface area contributed by atoms with Crippen LogP contribution in [-0.2, 0) is 61.0 Å². The summed E-state index contributed by atoms with van der Waals surface area (Å²) in [7, 11) is -10.9. The molecule has 0 saturated carbocycles. The van der Waals surface area contributed by atoms with Crippen LogP contribution in [0.5, 0.6) is 0 Å². The first-order valence-corrected chi connectivity index (χ1v) is 37.8. The number of ether oxygens (including phenoxy) is 5. The van der Waals surface area contributed by atoms with Gasteiger partial charge in [-0.3, -0.25) is 28.2 Å². The summed E-state index contributed by atoms with van der Waals surface area (Å²) in [6, 6.07) is -3.57. The van der Waals surface area contributed by atoms with Gasteiger partial charge in [-0.05, 0) is 38.5 Å². The molecule has 25 heteroatoms. The van der Waals surface area contributed by atoms with Crippen molar-refractivity contribution in [2.24, 2.45) is 0 Å². The van der Waals surface area contributed by atoms with Crippen molar-refractivity contribution in [1.82, 2.24) is 10.6 Å². The average molecular weight is 1320 g/mol. The lowest BCUT2D eigenvalue weighted by Crippen LogP contribution is -2.67. The van der Waals surface area contributed by atoms with Crippen LogP contribution in [0.2, 0.25) is 0 Å². The molecule has 10 N–H and O–H groups in total. The number of nitrogens with one attached hydrogen (secondary N) is 2. The maximum absolute atomic E-state index is 14.1. The van der Waals surface area contributed by atoms with Crippen LogP contribution in [-0.4, -0.2) is 150 Å². The van der Waals surface area contributed by atoms with E-state index in [1.165, 1.54) is 77.0 Å². The standard InChI is InChI=1S/C64H122N2O21P2/c1-5-9-13-17-21-25-29-33-37-41-49(82-55(70)43-39-35-31-27-23-19-15-11-7-3)45-53(68)65-57-60(73)59(72)52(85-64(57)87-89(78,79)80)48-81-63-58(61(74)62(51(47-67)84-63)86-88(75,76)77)66-54(69)46-50(42-38-34-30-26-22-18-14-10-6-2)83-56(71)44-40-36-32-28-24-20-16-12-8-4/h49-52,57-64,67,72-74H,5-48H2,1-4H3,(H,65,68)(H,66,69)(H2,75,76,77)(H2,78,79,80)/t49-,50-,51-,52-,57-,58-,59-,60-,61-,62-,63-,64-/m1/s1. The Hall–Kier alpha value is -2.18. The Labute approximate surface area is 533 Å². The lowest BCUT2D eigenvalue weighted by atomic mass is 9.95. The average Bonchev–Trinajstić information content (AvgIpc) is 3.57. The van der Waals surface area contributed by atoms with Gasteiger partial charge in [0.05, 0.1) is 26.1 Å². The van der Waals surface area contributed by atoms with Gasteiger partial charge in [0, 0.05) is 12.8 Å². The van der Waals surface area contributed by atoms with Gasteiger partial charge in [-0.25, -0.2) is 9.13 Å². The third kappa shape index (κ3) is 40.0. The lowest BCUT2D eigenvalue weighted by molar-refractivity contribution is -0.294. The molecule has 2 rings (SSSR count). The smallest absolute Gasteiger partial charge is 0.462 e. The monoisotopic (exact) mass is 1320 g/mol. The van der Waals surface area contributed by atoms with Crippen molar-refractivity contribution < 1.29 is 101 Å². The number of hydrogen-bond acceptors (Lipinski definition) is 17. The van der Waals surface area contributed by atoms with Crippen LogP contribution in [0, 0.1) is 0 Å². The zero-order valence-corrected chi connectivity index (χ0v) is 56.6. The van der Waals surface area contributed by atoms with E-state index in [0.717, 1.165) is 128 Å². The normalized spacial score (nSPS) is 23.0. The number of rotatable bonds is 56. The predicted molar refractivity (Wildman–Crippen MR) is 339 cm³/mol. The van der Waals surface area contributed by atoms with Gasteiger partial charge in [-0.15, -0.1) is 0 Å². The van der Waals surface area contributed by atoms with E-state index < -0.39 is 139 Å². The van der Waals surface area contributed by atoms with Crippen molar-refractivity contribution in [3.05, 3.63) is 0 Å². The van der Waals surface area contributed by atoms with Crippen LogP contribution < -0.4 is 10.6 Å². The molecule has 2 saturated heterocycles. The minimum Gasteiger partial charge on any atom is -0.462 e. The molecule has 0 aromatic heterocycles. The zero-order valence-electron chi connectivity index (χ0n) is 54.8. The van der Waals surface area contributed by atoms with Gasteiger partial charge in [0.15, 0.2) is 12.6 Å². The van der Waals surface area contributed by atoms with E-state index in [1.54, 1.807) is 0 Å². The van der Waals surface area contributed by atoms with Gasteiger partial charge in [-0.1, -0.05) is 233 Å². The number of carbonyl (C=O) groups is 4. The van der Waals surface area contributed by atoms with Crippen molar-refractivity contribution in [3.63, 3.8) is 0 Å². The van der Waals surface area contributed by atoms with Gasteiger partial charge < -0.3 is 74.3 Å². The summed E-state index contributed by atoms with van der Waals surface area (Å²) in [6.07, 6.45) is 20.3. The number of esters is 2. The van der Waals surface area contributed by atoms with Crippen molar-refractivity contribution in [3.8, 4) is 0 Å². The van der Waals surface area contributed by atoms with Crippen LogP contribution in [0.15, 0.2) is 0 Å². The third-order valence-corrected chi connectivity index (χ3v) is 17.8. The summed E-state index contributed by atoms with van der Waals surface area (Å²) in [5.74, 6) is -2.56. The number of unbranched alkanes of at least 4 members (excludes halogenated alkanes) is 32. The Morgan fingerprint density at radius 2 is 0.753 bits per heavy atom. The SMILES string of the molecule is CCCCCCCCCCCC(=O)O[C@H](CCCCCCCCCCC)CC(=O)N[C@H]1[C@H](OC[C@H]2O[C@H](OP(=O)(O)O)[C@H](NC(=O)C[C@@H](CCCCCCCCCCC)OC(=O)CCCCCCCCCCC)[C@@H](O)[C@@H]2O)O[C@H](CO)[C@@H](OP(=O)(O)O)[C@@H]1O. The second-order valence-electron chi connectivity index (χ2n) is 24.9. The number of phosphoric acid groups is 2.